The minimum Gasteiger partial charge on any atom is -0.490 e. The first kappa shape index (κ1) is 11.3. The molecule has 0 aromatic heterocycles. The largest absolute Gasteiger partial charge is 0.490 e. The molecule has 0 radical (unpaired) electrons. The number of rotatable bonds is 5. The molecule has 0 amide bonds. The van der Waals surface area contributed by atoms with E-state index < -0.39 is 4.92 Å². The molecule has 0 heterocycles. The lowest BCUT2D eigenvalue weighted by atomic mass is 10.2. The third-order valence-corrected chi connectivity index (χ3v) is 1.85. The molecule has 0 bridgehead atoms. The first-order valence-electron chi connectivity index (χ1n) is 4.45. The van der Waals surface area contributed by atoms with Gasteiger partial charge in [0, 0.05) is 30.9 Å². The molecular formula is C9H13N3O3. The lowest BCUT2D eigenvalue weighted by Crippen LogP contribution is -2.13. The van der Waals surface area contributed by atoms with Crippen LogP contribution in [0, 0.1) is 10.1 Å². The third kappa shape index (κ3) is 2.81. The highest BCUT2D eigenvalue weighted by Crippen LogP contribution is 2.29. The maximum absolute atomic E-state index is 10.6. The number of nitrogens with zero attached hydrogens (tertiary/aromatic N) is 1. The first-order valence-corrected chi connectivity index (χ1v) is 4.45. The highest BCUT2D eigenvalue weighted by Gasteiger charge is 2.14. The SMILES string of the molecule is COc1cc(NCCN)ccc1[N+](=O)[O-]. The topological polar surface area (TPSA) is 90.4 Å². The average molecular weight is 211 g/mol. The molecule has 0 saturated carbocycles. The van der Waals surface area contributed by atoms with Gasteiger partial charge in [-0.3, -0.25) is 10.1 Å². The van der Waals surface area contributed by atoms with Crippen LogP contribution in [0.1, 0.15) is 0 Å². The second-order valence-electron chi connectivity index (χ2n) is 2.86. The molecule has 1 aromatic rings. The molecule has 0 unspecified atom stereocenters. The predicted molar refractivity (Wildman–Crippen MR) is 57.2 cm³/mol. The Kier molecular flexibility index (Phi) is 3.87. The van der Waals surface area contributed by atoms with Crippen LogP contribution in [0.2, 0.25) is 0 Å². The lowest BCUT2D eigenvalue weighted by molar-refractivity contribution is -0.385. The zero-order valence-corrected chi connectivity index (χ0v) is 8.40. The van der Waals surface area contributed by atoms with Crippen molar-refractivity contribution in [3.8, 4) is 5.75 Å². The van der Waals surface area contributed by atoms with Crippen LogP contribution in [0.5, 0.6) is 5.75 Å². The average Bonchev–Trinajstić information content (AvgIpc) is 2.25. The van der Waals surface area contributed by atoms with E-state index >= 15 is 0 Å². The molecule has 0 spiro atoms. The monoisotopic (exact) mass is 211 g/mol. The number of ether oxygens (including phenoxy) is 1. The van der Waals surface area contributed by atoms with Crippen LogP contribution in [0.4, 0.5) is 11.4 Å². The number of methoxy groups -OCH3 is 1. The number of hydrogen-bond donors (Lipinski definition) is 2. The Morgan fingerprint density at radius 1 is 1.60 bits per heavy atom. The van der Waals surface area contributed by atoms with Gasteiger partial charge >= 0.3 is 5.69 Å². The Morgan fingerprint density at radius 3 is 2.87 bits per heavy atom. The number of nitro benzene ring substituents is 1. The van der Waals surface area contributed by atoms with Crippen LogP contribution >= 0.6 is 0 Å². The Bertz CT molecular complexity index is 354. The standard InChI is InChI=1S/C9H13N3O3/c1-15-9-6-7(11-5-4-10)2-3-8(9)12(13)14/h2-3,6,11H,4-5,10H2,1H3. The Labute approximate surface area is 87.2 Å². The van der Waals surface area contributed by atoms with E-state index in [0.29, 0.717) is 13.1 Å². The molecule has 0 saturated heterocycles. The Morgan fingerprint density at radius 2 is 2.33 bits per heavy atom. The van der Waals surface area contributed by atoms with Crippen molar-refractivity contribution in [3.63, 3.8) is 0 Å². The Balaban J connectivity index is 2.92. The fourth-order valence-electron chi connectivity index (χ4n) is 1.15. The van der Waals surface area contributed by atoms with Crippen LogP contribution in [-0.2, 0) is 0 Å². The van der Waals surface area contributed by atoms with Crippen LogP contribution in [0.25, 0.3) is 0 Å². The van der Waals surface area contributed by atoms with Gasteiger partial charge in [0.15, 0.2) is 5.75 Å². The summed E-state index contributed by atoms with van der Waals surface area (Å²) in [4.78, 5) is 10.1. The van der Waals surface area contributed by atoms with Crippen LogP contribution < -0.4 is 15.8 Å². The van der Waals surface area contributed by atoms with Crippen molar-refractivity contribution < 1.29 is 9.66 Å². The van der Waals surface area contributed by atoms with Gasteiger partial charge in [0.25, 0.3) is 0 Å². The highest BCUT2D eigenvalue weighted by atomic mass is 16.6. The maximum atomic E-state index is 10.6. The second kappa shape index (κ2) is 5.16. The van der Waals surface area contributed by atoms with Gasteiger partial charge in [0.2, 0.25) is 0 Å². The summed E-state index contributed by atoms with van der Waals surface area (Å²) >= 11 is 0. The van der Waals surface area contributed by atoms with Gasteiger partial charge in [0.05, 0.1) is 12.0 Å². The van der Waals surface area contributed by atoms with Gasteiger partial charge in [-0.05, 0) is 6.07 Å². The van der Waals surface area contributed by atoms with Crippen molar-refractivity contribution in [3.05, 3.63) is 28.3 Å². The molecule has 6 nitrogen and oxygen atoms in total. The summed E-state index contributed by atoms with van der Waals surface area (Å²) in [6, 6.07) is 4.60. The molecule has 0 aliphatic heterocycles. The predicted octanol–water partition coefficient (Wildman–Crippen LogP) is 0.974. The van der Waals surface area contributed by atoms with Gasteiger partial charge in [-0.15, -0.1) is 0 Å². The van der Waals surface area contributed by atoms with E-state index in [2.05, 4.69) is 5.32 Å². The molecular weight excluding hydrogens is 198 g/mol. The zero-order valence-electron chi connectivity index (χ0n) is 8.40. The molecule has 0 aliphatic rings. The van der Waals surface area contributed by atoms with Gasteiger partial charge in [0.1, 0.15) is 0 Å². The summed E-state index contributed by atoms with van der Waals surface area (Å²) in [6.45, 7) is 1.11. The van der Waals surface area contributed by atoms with Gasteiger partial charge in [-0.2, -0.15) is 0 Å². The molecule has 3 N–H and O–H groups in total. The van der Waals surface area contributed by atoms with Crippen LogP contribution in [-0.4, -0.2) is 25.1 Å². The minimum atomic E-state index is -0.481. The lowest BCUT2D eigenvalue weighted by Gasteiger charge is -2.06. The normalized spacial score (nSPS) is 9.73. The van der Waals surface area contributed by atoms with Crippen molar-refractivity contribution in [2.75, 3.05) is 25.5 Å². The van der Waals surface area contributed by atoms with E-state index in [4.69, 9.17) is 10.5 Å². The number of nitrogens with one attached hydrogen (secondary N) is 1. The molecule has 15 heavy (non-hydrogen) atoms. The van der Waals surface area contributed by atoms with E-state index in [9.17, 15) is 10.1 Å². The second-order valence-corrected chi connectivity index (χ2v) is 2.86. The minimum absolute atomic E-state index is 0.0456. The van der Waals surface area contributed by atoms with Gasteiger partial charge in [-0.1, -0.05) is 0 Å². The molecule has 82 valence electrons. The quantitative estimate of drug-likeness (QED) is 0.559. The molecule has 0 atom stereocenters. The highest BCUT2D eigenvalue weighted by molar-refractivity contribution is 5.57. The maximum Gasteiger partial charge on any atom is 0.311 e. The molecule has 0 aliphatic carbocycles. The summed E-state index contributed by atoms with van der Waals surface area (Å²) in [5.41, 5.74) is 6.03. The Hall–Kier alpha value is -1.82. The number of nitro groups is 1. The first-order chi connectivity index (χ1) is 7.19. The van der Waals surface area contributed by atoms with E-state index in [0.717, 1.165) is 5.69 Å². The molecule has 0 fully saturated rings. The van der Waals surface area contributed by atoms with Crippen molar-refractivity contribution in [2.24, 2.45) is 5.73 Å². The van der Waals surface area contributed by atoms with Gasteiger partial charge < -0.3 is 15.8 Å². The van der Waals surface area contributed by atoms with Crippen molar-refractivity contribution >= 4 is 11.4 Å². The third-order valence-electron chi connectivity index (χ3n) is 1.85. The summed E-state index contributed by atoms with van der Waals surface area (Å²) in [7, 11) is 1.40. The molecule has 1 aromatic carbocycles. The number of anilines is 1. The van der Waals surface area contributed by atoms with Gasteiger partial charge in [-0.25, -0.2) is 0 Å². The summed E-state index contributed by atoms with van der Waals surface area (Å²) in [6.07, 6.45) is 0. The fraction of sp³-hybridized carbons (Fsp3) is 0.333. The van der Waals surface area contributed by atoms with Crippen molar-refractivity contribution in [1.29, 1.82) is 0 Å². The van der Waals surface area contributed by atoms with E-state index in [1.165, 1.54) is 13.2 Å². The van der Waals surface area contributed by atoms with Crippen molar-refractivity contribution in [2.45, 2.75) is 0 Å². The molecule has 1 rings (SSSR count). The van der Waals surface area contributed by atoms with Crippen LogP contribution in [0.3, 0.4) is 0 Å². The number of hydrogen-bond acceptors (Lipinski definition) is 5. The fourth-order valence-corrected chi connectivity index (χ4v) is 1.15. The smallest absolute Gasteiger partial charge is 0.311 e. The van der Waals surface area contributed by atoms with E-state index in [-0.39, 0.29) is 11.4 Å². The summed E-state index contributed by atoms with van der Waals surface area (Å²) in [5.74, 6) is 0.238. The van der Waals surface area contributed by atoms with E-state index in [1.807, 2.05) is 0 Å². The van der Waals surface area contributed by atoms with Crippen LogP contribution in [0.15, 0.2) is 18.2 Å². The molecule has 6 heteroatoms. The van der Waals surface area contributed by atoms with E-state index in [1.54, 1.807) is 12.1 Å². The summed E-state index contributed by atoms with van der Waals surface area (Å²) in [5, 5.41) is 13.6. The summed E-state index contributed by atoms with van der Waals surface area (Å²) < 4.78 is 4.91. The number of benzene rings is 1. The zero-order chi connectivity index (χ0) is 11.3. The van der Waals surface area contributed by atoms with Crippen molar-refractivity contribution in [1.82, 2.24) is 0 Å². The number of nitrogens with two attached hydrogens (primary N) is 1.